The van der Waals surface area contributed by atoms with Crippen LogP contribution in [0.15, 0.2) is 42.5 Å². The highest BCUT2D eigenvalue weighted by atomic mass is 14.6. The van der Waals surface area contributed by atoms with Crippen LogP contribution in [0, 0.1) is 12.3 Å². The molecule has 1 heteroatoms. The molecule has 0 spiro atoms. The van der Waals surface area contributed by atoms with Gasteiger partial charge in [-0.15, -0.1) is 6.42 Å². The summed E-state index contributed by atoms with van der Waals surface area (Å²) in [6.45, 7) is 0. The van der Waals surface area contributed by atoms with Crippen LogP contribution in [0.1, 0.15) is 11.6 Å². The summed E-state index contributed by atoms with van der Waals surface area (Å²) in [5, 5.41) is 2.32. The summed E-state index contributed by atoms with van der Waals surface area (Å²) in [5.74, 6) is 2.55. The van der Waals surface area contributed by atoms with Crippen molar-refractivity contribution in [1.82, 2.24) is 0 Å². The molecular weight excluding hydrogens is 170 g/mol. The van der Waals surface area contributed by atoms with Gasteiger partial charge in [-0.05, 0) is 16.3 Å². The Morgan fingerprint density at radius 3 is 2.57 bits per heavy atom. The van der Waals surface area contributed by atoms with E-state index < -0.39 is 0 Å². The lowest BCUT2D eigenvalue weighted by Crippen LogP contribution is -2.07. The van der Waals surface area contributed by atoms with Gasteiger partial charge in [0.1, 0.15) is 0 Å². The highest BCUT2D eigenvalue weighted by Gasteiger charge is 2.05. The van der Waals surface area contributed by atoms with Crippen molar-refractivity contribution in [3.63, 3.8) is 0 Å². The Bertz CT molecular complexity index is 489. The Morgan fingerprint density at radius 2 is 1.79 bits per heavy atom. The van der Waals surface area contributed by atoms with Crippen molar-refractivity contribution in [2.24, 2.45) is 5.73 Å². The highest BCUT2D eigenvalue weighted by molar-refractivity contribution is 5.86. The summed E-state index contributed by atoms with van der Waals surface area (Å²) in [6.07, 6.45) is 5.32. The zero-order chi connectivity index (χ0) is 9.97. The minimum absolute atomic E-state index is 0.318. The molecule has 0 aliphatic heterocycles. The van der Waals surface area contributed by atoms with Crippen LogP contribution in [0.3, 0.4) is 0 Å². The molecule has 68 valence electrons. The van der Waals surface area contributed by atoms with Crippen LogP contribution < -0.4 is 5.73 Å². The van der Waals surface area contributed by atoms with E-state index >= 15 is 0 Å². The first kappa shape index (κ1) is 8.80. The lowest BCUT2D eigenvalue weighted by atomic mass is 10.00. The summed E-state index contributed by atoms with van der Waals surface area (Å²) in [7, 11) is 0. The average Bonchev–Trinajstić information content (AvgIpc) is 2.27. The maximum atomic E-state index is 5.82. The van der Waals surface area contributed by atoms with E-state index in [-0.39, 0.29) is 6.04 Å². The monoisotopic (exact) mass is 181 g/mol. The average molecular weight is 181 g/mol. The van der Waals surface area contributed by atoms with Gasteiger partial charge in [0.2, 0.25) is 0 Å². The van der Waals surface area contributed by atoms with Crippen molar-refractivity contribution in [3.05, 3.63) is 48.0 Å². The zero-order valence-electron chi connectivity index (χ0n) is 7.77. The molecule has 1 nitrogen and oxygen atoms in total. The van der Waals surface area contributed by atoms with Crippen LogP contribution in [0.2, 0.25) is 0 Å². The highest BCUT2D eigenvalue weighted by Crippen LogP contribution is 2.22. The van der Waals surface area contributed by atoms with Gasteiger partial charge >= 0.3 is 0 Å². The van der Waals surface area contributed by atoms with E-state index in [0.717, 1.165) is 10.9 Å². The van der Waals surface area contributed by atoms with E-state index in [1.807, 2.05) is 30.3 Å². The fraction of sp³-hybridized carbons (Fsp3) is 0.0769. The number of hydrogen-bond acceptors (Lipinski definition) is 1. The third kappa shape index (κ3) is 1.37. The zero-order valence-corrected chi connectivity index (χ0v) is 7.77. The smallest absolute Gasteiger partial charge is 0.0924 e. The number of hydrogen-bond donors (Lipinski definition) is 1. The molecule has 0 fully saturated rings. The summed E-state index contributed by atoms with van der Waals surface area (Å²) in [5.41, 5.74) is 6.84. The van der Waals surface area contributed by atoms with Gasteiger partial charge in [-0.25, -0.2) is 0 Å². The van der Waals surface area contributed by atoms with Gasteiger partial charge in [0.25, 0.3) is 0 Å². The van der Waals surface area contributed by atoms with Crippen molar-refractivity contribution in [2.45, 2.75) is 6.04 Å². The summed E-state index contributed by atoms with van der Waals surface area (Å²) in [6, 6.07) is 13.8. The Labute approximate surface area is 83.5 Å². The molecular formula is C13H11N. The molecule has 0 saturated carbocycles. The molecule has 0 aliphatic carbocycles. The maximum Gasteiger partial charge on any atom is 0.0924 e. The minimum Gasteiger partial charge on any atom is -0.314 e. The van der Waals surface area contributed by atoms with Crippen LogP contribution in [0.25, 0.3) is 10.8 Å². The number of terminal acetylenes is 1. The van der Waals surface area contributed by atoms with E-state index in [9.17, 15) is 0 Å². The molecule has 2 N–H and O–H groups in total. The van der Waals surface area contributed by atoms with E-state index in [2.05, 4.69) is 18.1 Å². The predicted molar refractivity (Wildman–Crippen MR) is 59.7 cm³/mol. The number of fused-ring (bicyclic) bond motifs is 1. The van der Waals surface area contributed by atoms with Gasteiger partial charge in [0.05, 0.1) is 6.04 Å². The van der Waals surface area contributed by atoms with Crippen LogP contribution >= 0.6 is 0 Å². The van der Waals surface area contributed by atoms with Gasteiger partial charge in [-0.3, -0.25) is 0 Å². The first-order chi connectivity index (χ1) is 6.83. The van der Waals surface area contributed by atoms with Gasteiger partial charge < -0.3 is 5.73 Å². The molecule has 0 radical (unpaired) electrons. The van der Waals surface area contributed by atoms with E-state index in [1.165, 1.54) is 5.39 Å². The molecule has 0 aromatic heterocycles. The number of benzene rings is 2. The fourth-order valence-electron chi connectivity index (χ4n) is 1.61. The predicted octanol–water partition coefficient (Wildman–Crippen LogP) is 2.47. The number of nitrogens with two attached hydrogens (primary N) is 1. The normalized spacial score (nSPS) is 12.3. The van der Waals surface area contributed by atoms with Crippen molar-refractivity contribution >= 4 is 10.8 Å². The van der Waals surface area contributed by atoms with Crippen LogP contribution in [0.5, 0.6) is 0 Å². The summed E-state index contributed by atoms with van der Waals surface area (Å²) in [4.78, 5) is 0. The lowest BCUT2D eigenvalue weighted by molar-refractivity contribution is 0.958. The molecule has 0 heterocycles. The minimum atomic E-state index is -0.318. The molecule has 2 rings (SSSR count). The Kier molecular flexibility index (Phi) is 2.22. The van der Waals surface area contributed by atoms with Crippen molar-refractivity contribution in [2.75, 3.05) is 0 Å². The first-order valence-corrected chi connectivity index (χ1v) is 4.52. The quantitative estimate of drug-likeness (QED) is 0.672. The second-order valence-electron chi connectivity index (χ2n) is 3.21. The molecule has 2 aromatic rings. The van der Waals surface area contributed by atoms with Crippen molar-refractivity contribution in [3.8, 4) is 12.3 Å². The topological polar surface area (TPSA) is 26.0 Å². The first-order valence-electron chi connectivity index (χ1n) is 4.52. The van der Waals surface area contributed by atoms with Crippen LogP contribution in [-0.4, -0.2) is 0 Å². The molecule has 0 saturated heterocycles. The van der Waals surface area contributed by atoms with Gasteiger partial charge in [0.15, 0.2) is 0 Å². The molecule has 1 atom stereocenters. The standard InChI is InChI=1S/C13H11N/c1-2-13(14)12-9-5-7-10-6-3-4-8-11(10)12/h1,3-9,13H,14H2. The Balaban J connectivity index is 2.72. The summed E-state index contributed by atoms with van der Waals surface area (Å²) < 4.78 is 0. The summed E-state index contributed by atoms with van der Waals surface area (Å²) >= 11 is 0. The lowest BCUT2D eigenvalue weighted by Gasteiger charge is -2.08. The van der Waals surface area contributed by atoms with Crippen molar-refractivity contribution in [1.29, 1.82) is 0 Å². The van der Waals surface area contributed by atoms with E-state index in [0.29, 0.717) is 0 Å². The second-order valence-corrected chi connectivity index (χ2v) is 3.21. The van der Waals surface area contributed by atoms with Gasteiger partial charge in [-0.1, -0.05) is 48.4 Å². The SMILES string of the molecule is C#CC(N)c1cccc2ccccc12. The van der Waals surface area contributed by atoms with Crippen molar-refractivity contribution < 1.29 is 0 Å². The maximum absolute atomic E-state index is 5.82. The largest absolute Gasteiger partial charge is 0.314 e. The molecule has 0 amide bonds. The Morgan fingerprint density at radius 1 is 1.07 bits per heavy atom. The third-order valence-corrected chi connectivity index (χ3v) is 2.34. The Hall–Kier alpha value is -1.78. The molecule has 0 aliphatic rings. The van der Waals surface area contributed by atoms with E-state index in [4.69, 9.17) is 12.2 Å². The van der Waals surface area contributed by atoms with Crippen LogP contribution in [0.4, 0.5) is 0 Å². The fourth-order valence-corrected chi connectivity index (χ4v) is 1.61. The molecule has 0 bridgehead atoms. The van der Waals surface area contributed by atoms with Crippen LogP contribution in [-0.2, 0) is 0 Å². The second kappa shape index (κ2) is 3.53. The van der Waals surface area contributed by atoms with Gasteiger partial charge in [-0.2, -0.15) is 0 Å². The molecule has 14 heavy (non-hydrogen) atoms. The third-order valence-electron chi connectivity index (χ3n) is 2.34. The van der Waals surface area contributed by atoms with Gasteiger partial charge in [0, 0.05) is 0 Å². The van der Waals surface area contributed by atoms with E-state index in [1.54, 1.807) is 0 Å². The molecule has 1 unspecified atom stereocenters. The molecule has 2 aromatic carbocycles. The number of rotatable bonds is 1.